The molecular weight excluding hydrogens is 252 g/mol. The molecule has 0 bridgehead atoms. The van der Waals surface area contributed by atoms with Crippen molar-refractivity contribution in [1.29, 1.82) is 0 Å². The van der Waals surface area contributed by atoms with E-state index in [4.69, 9.17) is 0 Å². The lowest BCUT2D eigenvalue weighted by molar-refractivity contribution is -0.394. The van der Waals surface area contributed by atoms with Crippen molar-refractivity contribution in [1.82, 2.24) is 0 Å². The molecule has 7 nitrogen and oxygen atoms in total. The number of hydrogen-bond acceptors (Lipinski definition) is 5. The van der Waals surface area contributed by atoms with Crippen LogP contribution in [-0.2, 0) is 11.2 Å². The van der Waals surface area contributed by atoms with Gasteiger partial charge in [-0.3, -0.25) is 25.0 Å². The summed E-state index contributed by atoms with van der Waals surface area (Å²) in [6, 6.07) is 3.56. The highest BCUT2D eigenvalue weighted by molar-refractivity contribution is 5.85. The molecular formula is C12H12N2O5. The monoisotopic (exact) mass is 264 g/mol. The molecule has 1 saturated carbocycles. The molecule has 0 saturated heterocycles. The molecule has 2 rings (SSSR count). The number of rotatable bonds is 5. The molecule has 7 heteroatoms. The summed E-state index contributed by atoms with van der Waals surface area (Å²) in [5, 5.41) is 21.6. The lowest BCUT2D eigenvalue weighted by Crippen LogP contribution is -2.15. The third-order valence-corrected chi connectivity index (χ3v) is 3.61. The minimum absolute atomic E-state index is 0.0140. The van der Waals surface area contributed by atoms with Crippen LogP contribution in [0.15, 0.2) is 18.2 Å². The topological polar surface area (TPSA) is 103 Å². The minimum atomic E-state index is -0.672. The first-order valence-corrected chi connectivity index (χ1v) is 5.78. The number of nitro benzene ring substituents is 2. The van der Waals surface area contributed by atoms with Gasteiger partial charge in [-0.2, -0.15) is 0 Å². The average molecular weight is 264 g/mol. The van der Waals surface area contributed by atoms with Crippen LogP contribution in [0.4, 0.5) is 11.4 Å². The molecule has 0 aromatic heterocycles. The Bertz CT molecular complexity index is 577. The Morgan fingerprint density at radius 3 is 2.32 bits per heavy atom. The Morgan fingerprint density at radius 2 is 1.89 bits per heavy atom. The van der Waals surface area contributed by atoms with Crippen molar-refractivity contribution >= 4 is 17.2 Å². The number of nitro groups is 2. The summed E-state index contributed by atoms with van der Waals surface area (Å²) in [6.07, 6.45) is 1.71. The smallest absolute Gasteiger partial charge is 0.279 e. The second kappa shape index (κ2) is 4.42. The maximum absolute atomic E-state index is 11.5. The first-order valence-electron chi connectivity index (χ1n) is 5.78. The van der Waals surface area contributed by atoms with Crippen LogP contribution in [0.3, 0.4) is 0 Å². The standard InChI is InChI=1S/C12H12N2O5/c1-8(15)12(4-5-12)7-9-2-3-10(13(16)17)6-11(9)14(18)19/h2-3,6H,4-5,7H2,1H3. The first kappa shape index (κ1) is 13.1. The zero-order valence-electron chi connectivity index (χ0n) is 10.3. The van der Waals surface area contributed by atoms with E-state index in [9.17, 15) is 25.0 Å². The Balaban J connectivity index is 2.38. The highest BCUT2D eigenvalue weighted by Gasteiger charge is 2.48. The fourth-order valence-corrected chi connectivity index (χ4v) is 2.15. The highest BCUT2D eigenvalue weighted by atomic mass is 16.6. The second-order valence-electron chi connectivity index (χ2n) is 4.84. The number of ketones is 1. The van der Waals surface area contributed by atoms with E-state index in [1.54, 1.807) is 0 Å². The molecule has 0 aliphatic heterocycles. The van der Waals surface area contributed by atoms with Gasteiger partial charge in [0, 0.05) is 17.0 Å². The lowest BCUT2D eigenvalue weighted by Gasteiger charge is -2.11. The van der Waals surface area contributed by atoms with E-state index in [1.165, 1.54) is 19.1 Å². The molecule has 0 heterocycles. The van der Waals surface area contributed by atoms with Crippen LogP contribution in [0.5, 0.6) is 0 Å². The van der Waals surface area contributed by atoms with Crippen LogP contribution in [0.25, 0.3) is 0 Å². The molecule has 0 radical (unpaired) electrons. The van der Waals surface area contributed by atoms with Crippen molar-refractivity contribution in [2.24, 2.45) is 5.41 Å². The number of benzene rings is 1. The van der Waals surface area contributed by atoms with Gasteiger partial charge in [0.05, 0.1) is 15.9 Å². The van der Waals surface area contributed by atoms with Crippen LogP contribution in [0, 0.1) is 25.6 Å². The quantitative estimate of drug-likeness (QED) is 0.600. The van der Waals surface area contributed by atoms with Crippen molar-refractivity contribution < 1.29 is 14.6 Å². The van der Waals surface area contributed by atoms with Crippen LogP contribution in [0.2, 0.25) is 0 Å². The number of non-ortho nitro benzene ring substituents is 1. The molecule has 1 fully saturated rings. The highest BCUT2D eigenvalue weighted by Crippen LogP contribution is 2.50. The van der Waals surface area contributed by atoms with Crippen LogP contribution in [-0.4, -0.2) is 15.6 Å². The lowest BCUT2D eigenvalue weighted by atomic mass is 9.92. The van der Waals surface area contributed by atoms with Gasteiger partial charge in [-0.1, -0.05) is 0 Å². The van der Waals surface area contributed by atoms with Gasteiger partial charge in [-0.15, -0.1) is 0 Å². The Hall–Kier alpha value is -2.31. The predicted molar refractivity (Wildman–Crippen MR) is 65.8 cm³/mol. The molecule has 0 spiro atoms. The third-order valence-electron chi connectivity index (χ3n) is 3.61. The number of Topliss-reactive ketones (excluding diaryl/α,β-unsaturated/α-hetero) is 1. The van der Waals surface area contributed by atoms with Gasteiger partial charge in [0.25, 0.3) is 11.4 Å². The van der Waals surface area contributed by atoms with Crippen molar-refractivity contribution in [2.75, 3.05) is 0 Å². The predicted octanol–water partition coefficient (Wildman–Crippen LogP) is 2.41. The molecule has 0 N–H and O–H groups in total. The van der Waals surface area contributed by atoms with Gasteiger partial charge in [0.15, 0.2) is 0 Å². The molecule has 100 valence electrons. The van der Waals surface area contributed by atoms with Gasteiger partial charge < -0.3 is 0 Å². The van der Waals surface area contributed by atoms with Gasteiger partial charge >= 0.3 is 0 Å². The number of carbonyl (C=O) groups is 1. The minimum Gasteiger partial charge on any atom is -0.299 e. The summed E-state index contributed by atoms with van der Waals surface area (Å²) in [4.78, 5) is 31.8. The third kappa shape index (κ3) is 2.44. The van der Waals surface area contributed by atoms with Gasteiger partial charge in [-0.05, 0) is 32.3 Å². The van der Waals surface area contributed by atoms with Crippen molar-refractivity contribution in [2.45, 2.75) is 26.2 Å². The van der Waals surface area contributed by atoms with Gasteiger partial charge in [-0.25, -0.2) is 0 Å². The summed E-state index contributed by atoms with van der Waals surface area (Å²) >= 11 is 0. The summed E-state index contributed by atoms with van der Waals surface area (Å²) < 4.78 is 0. The maximum atomic E-state index is 11.5. The molecule has 0 unspecified atom stereocenters. The Morgan fingerprint density at radius 1 is 1.26 bits per heavy atom. The number of nitrogens with zero attached hydrogens (tertiary/aromatic N) is 2. The molecule has 0 amide bonds. The van der Waals surface area contributed by atoms with E-state index in [2.05, 4.69) is 0 Å². The first-order chi connectivity index (χ1) is 8.85. The second-order valence-corrected chi connectivity index (χ2v) is 4.84. The largest absolute Gasteiger partial charge is 0.299 e. The summed E-state index contributed by atoms with van der Waals surface area (Å²) in [5.41, 5.74) is -0.728. The Labute approximate surface area is 108 Å². The number of carbonyl (C=O) groups excluding carboxylic acids is 1. The van der Waals surface area contributed by atoms with Crippen LogP contribution in [0.1, 0.15) is 25.3 Å². The van der Waals surface area contributed by atoms with E-state index in [0.717, 1.165) is 18.9 Å². The van der Waals surface area contributed by atoms with Crippen LogP contribution >= 0.6 is 0 Å². The fourth-order valence-electron chi connectivity index (χ4n) is 2.15. The van der Waals surface area contributed by atoms with E-state index in [0.29, 0.717) is 5.56 Å². The van der Waals surface area contributed by atoms with Gasteiger partial charge in [0.2, 0.25) is 0 Å². The molecule has 19 heavy (non-hydrogen) atoms. The summed E-state index contributed by atoms with van der Waals surface area (Å²) in [5.74, 6) is 0.0140. The van der Waals surface area contributed by atoms with Crippen LogP contribution < -0.4 is 0 Å². The molecule has 1 aliphatic carbocycles. The van der Waals surface area contributed by atoms with Crippen molar-refractivity contribution in [3.05, 3.63) is 44.0 Å². The molecule has 1 aromatic carbocycles. The normalized spacial score (nSPS) is 15.8. The van der Waals surface area contributed by atoms with E-state index in [1.807, 2.05) is 0 Å². The van der Waals surface area contributed by atoms with E-state index >= 15 is 0 Å². The van der Waals surface area contributed by atoms with Crippen molar-refractivity contribution in [3.8, 4) is 0 Å². The summed E-state index contributed by atoms with van der Waals surface area (Å²) in [7, 11) is 0. The maximum Gasteiger partial charge on any atom is 0.279 e. The van der Waals surface area contributed by atoms with E-state index in [-0.39, 0.29) is 23.6 Å². The molecule has 0 atom stereocenters. The average Bonchev–Trinajstić information content (AvgIpc) is 3.10. The van der Waals surface area contributed by atoms with Crippen molar-refractivity contribution in [3.63, 3.8) is 0 Å². The summed E-state index contributed by atoms with van der Waals surface area (Å²) in [6.45, 7) is 1.48. The number of hydrogen-bond donors (Lipinski definition) is 0. The van der Waals surface area contributed by atoms with E-state index < -0.39 is 15.3 Å². The molecule has 1 aromatic rings. The zero-order chi connectivity index (χ0) is 14.2. The zero-order valence-corrected chi connectivity index (χ0v) is 10.3. The molecule has 1 aliphatic rings. The van der Waals surface area contributed by atoms with Gasteiger partial charge in [0.1, 0.15) is 5.78 Å². The fraction of sp³-hybridized carbons (Fsp3) is 0.417. The SMILES string of the molecule is CC(=O)C1(Cc2ccc([N+](=O)[O-])cc2[N+](=O)[O-])CC1. The Kier molecular flexibility index (Phi) is 3.05.